The van der Waals surface area contributed by atoms with Gasteiger partial charge in [0.1, 0.15) is 0 Å². The predicted octanol–water partition coefficient (Wildman–Crippen LogP) is 1.92. The van der Waals surface area contributed by atoms with Gasteiger partial charge in [-0.2, -0.15) is 13.9 Å². The second kappa shape index (κ2) is 5.24. The Hall–Kier alpha value is -0.790. The van der Waals surface area contributed by atoms with Gasteiger partial charge in [-0.15, -0.1) is 11.3 Å². The molecule has 94 valence electrons. The predicted molar refractivity (Wildman–Crippen MR) is 63.1 cm³/mol. The fourth-order valence-electron chi connectivity index (χ4n) is 1.34. The van der Waals surface area contributed by atoms with Crippen LogP contribution in [-0.2, 0) is 15.2 Å². The largest absolute Gasteiger partial charge is 0.465 e. The highest BCUT2D eigenvalue weighted by atomic mass is 32.1. The second-order valence-electron chi connectivity index (χ2n) is 3.39. The number of amides is 1. The number of hydrogen-bond acceptors (Lipinski definition) is 6. The van der Waals surface area contributed by atoms with Crippen LogP contribution < -0.4 is 5.32 Å². The SMILES string of the molecule is O=C(O)Nc1nc(C[P+]2(O)OCCCO2)cs1. The summed E-state index contributed by atoms with van der Waals surface area (Å²) >= 11 is 1.16. The van der Waals surface area contributed by atoms with Crippen LogP contribution in [0.2, 0.25) is 0 Å². The molecular weight excluding hydrogens is 267 g/mol. The standard InChI is InChI=1S/C8H11N2O5PS/c11-8(12)10-7-9-6(5-17-7)4-16(13)14-2-1-3-15-16/h5,13H,1-4H2,(H-,9,10,11,12)/p+1. The maximum absolute atomic E-state index is 10.4. The third-order valence-electron chi connectivity index (χ3n) is 2.00. The van der Waals surface area contributed by atoms with Gasteiger partial charge in [-0.25, -0.2) is 9.78 Å². The van der Waals surface area contributed by atoms with E-state index in [1.54, 1.807) is 5.38 Å². The number of carbonyl (C=O) groups is 1. The molecule has 1 saturated heterocycles. The molecule has 1 aliphatic heterocycles. The van der Waals surface area contributed by atoms with Crippen LogP contribution in [0, 0.1) is 0 Å². The lowest BCUT2D eigenvalue weighted by atomic mass is 10.5. The summed E-state index contributed by atoms with van der Waals surface area (Å²) in [6, 6.07) is 0. The molecule has 1 aliphatic rings. The Morgan fingerprint density at radius 1 is 1.59 bits per heavy atom. The number of hydrogen-bond donors (Lipinski definition) is 3. The number of aromatic nitrogens is 1. The average Bonchev–Trinajstić information content (AvgIpc) is 2.64. The normalized spacial score (nSPS) is 18.9. The summed E-state index contributed by atoms with van der Waals surface area (Å²) in [5.41, 5.74) is 0.566. The summed E-state index contributed by atoms with van der Waals surface area (Å²) < 4.78 is 10.5. The molecule has 1 fully saturated rings. The van der Waals surface area contributed by atoms with Gasteiger partial charge in [-0.3, -0.25) is 5.32 Å². The van der Waals surface area contributed by atoms with Crippen molar-refractivity contribution in [3.63, 3.8) is 0 Å². The van der Waals surface area contributed by atoms with Crippen LogP contribution in [-0.4, -0.2) is 34.3 Å². The van der Waals surface area contributed by atoms with E-state index in [1.807, 2.05) is 0 Å². The van der Waals surface area contributed by atoms with E-state index in [0.29, 0.717) is 18.9 Å². The molecule has 3 N–H and O–H groups in total. The molecule has 0 spiro atoms. The lowest BCUT2D eigenvalue weighted by Gasteiger charge is -2.20. The van der Waals surface area contributed by atoms with Crippen LogP contribution >= 0.6 is 19.3 Å². The summed E-state index contributed by atoms with van der Waals surface area (Å²) in [7, 11) is -2.84. The molecule has 0 saturated carbocycles. The van der Waals surface area contributed by atoms with E-state index < -0.39 is 14.0 Å². The van der Waals surface area contributed by atoms with Gasteiger partial charge in [-0.05, 0) is 0 Å². The zero-order valence-corrected chi connectivity index (χ0v) is 10.5. The van der Waals surface area contributed by atoms with E-state index in [4.69, 9.17) is 14.2 Å². The van der Waals surface area contributed by atoms with Crippen molar-refractivity contribution in [2.45, 2.75) is 12.6 Å². The number of thiazole rings is 1. The number of nitrogens with one attached hydrogen (secondary N) is 1. The van der Waals surface area contributed by atoms with Crippen molar-refractivity contribution in [3.05, 3.63) is 11.1 Å². The number of rotatable bonds is 3. The lowest BCUT2D eigenvalue weighted by molar-refractivity contribution is 0.120. The highest BCUT2D eigenvalue weighted by Gasteiger charge is 2.44. The van der Waals surface area contributed by atoms with Gasteiger partial charge in [0.15, 0.2) is 11.3 Å². The third kappa shape index (κ3) is 3.58. The molecule has 2 heterocycles. The first-order valence-electron chi connectivity index (χ1n) is 4.92. The Balaban J connectivity index is 1.98. The Morgan fingerprint density at radius 3 is 2.94 bits per heavy atom. The summed E-state index contributed by atoms with van der Waals surface area (Å²) in [5, 5.41) is 12.6. The van der Waals surface area contributed by atoms with Crippen molar-refractivity contribution in [2.75, 3.05) is 18.5 Å². The van der Waals surface area contributed by atoms with E-state index in [1.165, 1.54) is 0 Å². The van der Waals surface area contributed by atoms with Crippen LogP contribution in [0.5, 0.6) is 0 Å². The van der Waals surface area contributed by atoms with Gasteiger partial charge in [0.05, 0.1) is 18.9 Å². The van der Waals surface area contributed by atoms with Gasteiger partial charge in [0, 0.05) is 11.8 Å². The fourth-order valence-corrected chi connectivity index (χ4v) is 3.82. The average molecular weight is 279 g/mol. The maximum atomic E-state index is 10.4. The molecule has 1 amide bonds. The van der Waals surface area contributed by atoms with Crippen LogP contribution in [0.15, 0.2) is 5.38 Å². The molecule has 17 heavy (non-hydrogen) atoms. The third-order valence-corrected chi connectivity index (χ3v) is 4.70. The highest BCUT2D eigenvalue weighted by Crippen LogP contribution is 2.61. The van der Waals surface area contributed by atoms with Gasteiger partial charge < -0.3 is 5.11 Å². The maximum Gasteiger partial charge on any atom is 0.415 e. The van der Waals surface area contributed by atoms with E-state index in [0.717, 1.165) is 17.8 Å². The summed E-state index contributed by atoms with van der Waals surface area (Å²) in [6.07, 6.45) is -0.208. The van der Waals surface area contributed by atoms with E-state index in [9.17, 15) is 9.69 Å². The van der Waals surface area contributed by atoms with Gasteiger partial charge in [0.2, 0.25) is 0 Å². The van der Waals surface area contributed by atoms with E-state index in [-0.39, 0.29) is 11.3 Å². The first-order chi connectivity index (χ1) is 8.07. The quantitative estimate of drug-likeness (QED) is 0.731. The monoisotopic (exact) mass is 279 g/mol. The summed E-state index contributed by atoms with van der Waals surface area (Å²) in [6.45, 7) is 0.962. The lowest BCUT2D eigenvalue weighted by Crippen LogP contribution is -2.14. The fraction of sp³-hybridized carbons (Fsp3) is 0.500. The van der Waals surface area contributed by atoms with Crippen LogP contribution in [0.25, 0.3) is 0 Å². The van der Waals surface area contributed by atoms with Crippen LogP contribution in [0.1, 0.15) is 12.1 Å². The summed E-state index contributed by atoms with van der Waals surface area (Å²) in [5.74, 6) is 0. The smallest absolute Gasteiger partial charge is 0.415 e. The zero-order chi connectivity index (χ0) is 12.3. The van der Waals surface area contributed by atoms with Crippen molar-refractivity contribution in [3.8, 4) is 0 Å². The molecule has 1 aromatic rings. The molecule has 0 radical (unpaired) electrons. The Morgan fingerprint density at radius 2 is 2.29 bits per heavy atom. The molecular formula is C8H12N2O5PS+. The highest BCUT2D eigenvalue weighted by molar-refractivity contribution is 7.59. The van der Waals surface area contributed by atoms with E-state index in [2.05, 4.69) is 10.3 Å². The molecule has 7 nitrogen and oxygen atoms in total. The zero-order valence-electron chi connectivity index (χ0n) is 8.83. The minimum Gasteiger partial charge on any atom is -0.465 e. The van der Waals surface area contributed by atoms with Crippen molar-refractivity contribution in [1.82, 2.24) is 4.98 Å². The van der Waals surface area contributed by atoms with Crippen molar-refractivity contribution >= 4 is 30.5 Å². The second-order valence-corrected chi connectivity index (χ2v) is 6.36. The first-order valence-corrected chi connectivity index (χ1v) is 7.56. The number of carboxylic acid groups (broad SMARTS) is 1. The molecule has 0 aromatic carbocycles. The van der Waals surface area contributed by atoms with Crippen molar-refractivity contribution < 1.29 is 23.8 Å². The van der Waals surface area contributed by atoms with Crippen LogP contribution in [0.4, 0.5) is 9.93 Å². The molecule has 0 unspecified atom stereocenters. The first kappa shape index (κ1) is 12.7. The van der Waals surface area contributed by atoms with Gasteiger partial charge >= 0.3 is 14.0 Å². The topological polar surface area (TPSA) is 101 Å². The van der Waals surface area contributed by atoms with Crippen LogP contribution in [0.3, 0.4) is 0 Å². The Kier molecular flexibility index (Phi) is 3.90. The minimum atomic E-state index is -2.84. The molecule has 0 bridgehead atoms. The molecule has 1 aromatic heterocycles. The van der Waals surface area contributed by atoms with Crippen molar-refractivity contribution in [1.29, 1.82) is 0 Å². The summed E-state index contributed by atoms with van der Waals surface area (Å²) in [4.78, 5) is 24.4. The molecule has 9 heteroatoms. The Labute approximate surface area is 102 Å². The number of nitrogens with zero attached hydrogens (tertiary/aromatic N) is 1. The Bertz CT molecular complexity index is 406. The molecule has 0 atom stereocenters. The number of anilines is 1. The molecule has 0 aliphatic carbocycles. The minimum absolute atomic E-state index is 0.185. The van der Waals surface area contributed by atoms with Crippen molar-refractivity contribution in [2.24, 2.45) is 0 Å². The van der Waals surface area contributed by atoms with E-state index >= 15 is 0 Å². The van der Waals surface area contributed by atoms with Gasteiger partial charge in [-0.1, -0.05) is 0 Å². The molecule has 2 rings (SSSR count). The van der Waals surface area contributed by atoms with Gasteiger partial charge in [0.25, 0.3) is 0 Å².